The van der Waals surface area contributed by atoms with Crippen LogP contribution in [0.3, 0.4) is 0 Å². The zero-order valence-corrected chi connectivity index (χ0v) is 16.9. The summed E-state index contributed by atoms with van der Waals surface area (Å²) >= 11 is 0. The second-order valence-electron chi connectivity index (χ2n) is 7.79. The highest BCUT2D eigenvalue weighted by atomic mass is 16.2. The molecule has 0 aliphatic carbocycles. The SMILES string of the molecule is CC(C)CCNC(=O)CN1C(=O)N[C@](Cc2ccccc2)(c2ccccc2)C1=O. The second-order valence-corrected chi connectivity index (χ2v) is 7.79. The minimum absolute atomic E-state index is 0.286. The number of carbonyl (C=O) groups is 3. The van der Waals surface area contributed by atoms with Crippen molar-refractivity contribution in [3.8, 4) is 0 Å². The fourth-order valence-electron chi connectivity index (χ4n) is 3.51. The van der Waals surface area contributed by atoms with E-state index in [4.69, 9.17) is 0 Å². The zero-order valence-electron chi connectivity index (χ0n) is 16.9. The van der Waals surface area contributed by atoms with Gasteiger partial charge in [-0.3, -0.25) is 14.5 Å². The molecule has 0 saturated carbocycles. The van der Waals surface area contributed by atoms with Gasteiger partial charge >= 0.3 is 6.03 Å². The summed E-state index contributed by atoms with van der Waals surface area (Å²) < 4.78 is 0. The molecule has 0 bridgehead atoms. The molecule has 1 fully saturated rings. The van der Waals surface area contributed by atoms with E-state index in [1.165, 1.54) is 0 Å². The number of imide groups is 1. The van der Waals surface area contributed by atoms with Crippen LogP contribution in [0.1, 0.15) is 31.4 Å². The first-order valence-corrected chi connectivity index (χ1v) is 9.92. The van der Waals surface area contributed by atoms with Crippen molar-refractivity contribution >= 4 is 17.8 Å². The number of urea groups is 1. The molecule has 1 aliphatic heterocycles. The van der Waals surface area contributed by atoms with Crippen LogP contribution >= 0.6 is 0 Å². The fourth-order valence-corrected chi connectivity index (χ4v) is 3.51. The largest absolute Gasteiger partial charge is 0.355 e. The Bertz CT molecular complexity index is 867. The van der Waals surface area contributed by atoms with Crippen LogP contribution < -0.4 is 10.6 Å². The molecule has 0 aromatic heterocycles. The summed E-state index contributed by atoms with van der Waals surface area (Å²) in [5, 5.41) is 5.66. The number of rotatable bonds is 8. The summed E-state index contributed by atoms with van der Waals surface area (Å²) in [6.45, 7) is 4.38. The summed E-state index contributed by atoms with van der Waals surface area (Å²) in [7, 11) is 0. The highest BCUT2D eigenvalue weighted by molar-refractivity contribution is 6.09. The van der Waals surface area contributed by atoms with E-state index >= 15 is 0 Å². The molecule has 2 N–H and O–H groups in total. The van der Waals surface area contributed by atoms with E-state index in [1.807, 2.05) is 60.7 Å². The van der Waals surface area contributed by atoms with E-state index in [1.54, 1.807) is 0 Å². The lowest BCUT2D eigenvalue weighted by molar-refractivity contribution is -0.135. The molecule has 2 aromatic carbocycles. The second kappa shape index (κ2) is 8.90. The number of nitrogens with zero attached hydrogens (tertiary/aromatic N) is 1. The normalized spacial score (nSPS) is 18.8. The molecule has 152 valence electrons. The highest BCUT2D eigenvalue weighted by Crippen LogP contribution is 2.32. The number of hydrogen-bond donors (Lipinski definition) is 2. The van der Waals surface area contributed by atoms with Gasteiger partial charge in [-0.15, -0.1) is 0 Å². The Hall–Kier alpha value is -3.15. The number of nitrogens with one attached hydrogen (secondary N) is 2. The van der Waals surface area contributed by atoms with E-state index in [0.717, 1.165) is 16.9 Å². The Labute approximate surface area is 171 Å². The van der Waals surface area contributed by atoms with Crippen molar-refractivity contribution in [2.45, 2.75) is 32.2 Å². The fraction of sp³-hybridized carbons (Fsp3) is 0.348. The summed E-state index contributed by atoms with van der Waals surface area (Å²) in [6, 6.07) is 18.2. The average molecular weight is 393 g/mol. The maximum atomic E-state index is 13.4. The van der Waals surface area contributed by atoms with Gasteiger partial charge in [0.15, 0.2) is 5.54 Å². The molecule has 4 amide bonds. The molecule has 6 nitrogen and oxygen atoms in total. The van der Waals surface area contributed by atoms with Crippen LogP contribution in [-0.4, -0.2) is 35.8 Å². The van der Waals surface area contributed by atoms with Crippen molar-refractivity contribution in [1.29, 1.82) is 0 Å². The third-order valence-corrected chi connectivity index (χ3v) is 5.10. The maximum absolute atomic E-state index is 13.4. The standard InChI is InChI=1S/C23H27N3O3/c1-17(2)13-14-24-20(27)16-26-21(28)23(25-22(26)29,19-11-7-4-8-12-19)15-18-9-5-3-6-10-18/h3-12,17H,13-16H2,1-2H3,(H,24,27)(H,25,29)/t23-/m1/s1. The van der Waals surface area contributed by atoms with Crippen molar-refractivity contribution < 1.29 is 14.4 Å². The minimum Gasteiger partial charge on any atom is -0.355 e. The van der Waals surface area contributed by atoms with E-state index in [2.05, 4.69) is 24.5 Å². The lowest BCUT2D eigenvalue weighted by atomic mass is 9.83. The predicted molar refractivity (Wildman–Crippen MR) is 111 cm³/mol. The van der Waals surface area contributed by atoms with Crippen molar-refractivity contribution in [3.05, 3.63) is 71.8 Å². The Kier molecular flexibility index (Phi) is 6.32. The topological polar surface area (TPSA) is 78.5 Å². The first-order valence-electron chi connectivity index (χ1n) is 9.92. The molecule has 0 radical (unpaired) electrons. The molecule has 2 aromatic rings. The molecule has 3 rings (SSSR count). The Balaban J connectivity index is 1.83. The van der Waals surface area contributed by atoms with E-state index in [9.17, 15) is 14.4 Å². The summed E-state index contributed by atoms with van der Waals surface area (Å²) in [4.78, 5) is 39.4. The monoisotopic (exact) mass is 393 g/mol. The number of amides is 4. The molecule has 0 unspecified atom stereocenters. The Morgan fingerprint density at radius 3 is 2.28 bits per heavy atom. The van der Waals surface area contributed by atoms with E-state index < -0.39 is 17.5 Å². The van der Waals surface area contributed by atoms with Crippen molar-refractivity contribution in [2.24, 2.45) is 5.92 Å². The molecule has 1 aliphatic rings. The van der Waals surface area contributed by atoms with Gasteiger partial charge in [0.05, 0.1) is 0 Å². The van der Waals surface area contributed by atoms with Gasteiger partial charge in [0.25, 0.3) is 5.91 Å². The van der Waals surface area contributed by atoms with Gasteiger partial charge < -0.3 is 10.6 Å². The molecule has 0 spiro atoms. The van der Waals surface area contributed by atoms with Gasteiger partial charge in [0.1, 0.15) is 6.54 Å². The first kappa shape index (κ1) is 20.6. The molecule has 6 heteroatoms. The maximum Gasteiger partial charge on any atom is 0.325 e. The summed E-state index contributed by atoms with van der Waals surface area (Å²) in [6.07, 6.45) is 1.15. The first-order chi connectivity index (χ1) is 13.9. The van der Waals surface area contributed by atoms with E-state index in [-0.39, 0.29) is 12.5 Å². The van der Waals surface area contributed by atoms with Crippen LogP contribution in [-0.2, 0) is 21.5 Å². The quantitative estimate of drug-likeness (QED) is 0.677. The van der Waals surface area contributed by atoms with Gasteiger partial charge in [-0.05, 0) is 23.5 Å². The molecule has 29 heavy (non-hydrogen) atoms. The van der Waals surface area contributed by atoms with Crippen LogP contribution in [0.4, 0.5) is 4.79 Å². The number of benzene rings is 2. The summed E-state index contributed by atoms with van der Waals surface area (Å²) in [5.74, 6) is -0.280. The van der Waals surface area contributed by atoms with Crippen molar-refractivity contribution in [3.63, 3.8) is 0 Å². The third kappa shape index (κ3) is 4.65. The van der Waals surface area contributed by atoms with Gasteiger partial charge in [0.2, 0.25) is 5.91 Å². The zero-order chi connectivity index (χ0) is 20.9. The smallest absolute Gasteiger partial charge is 0.325 e. The van der Waals surface area contributed by atoms with Crippen molar-refractivity contribution in [1.82, 2.24) is 15.5 Å². The summed E-state index contributed by atoms with van der Waals surface area (Å²) in [5.41, 5.74) is 0.399. The van der Waals surface area contributed by atoms with Crippen LogP contribution in [0, 0.1) is 5.92 Å². The predicted octanol–water partition coefficient (Wildman–Crippen LogP) is 2.84. The lowest BCUT2D eigenvalue weighted by Crippen LogP contribution is -2.47. The lowest BCUT2D eigenvalue weighted by Gasteiger charge is -2.27. The van der Waals surface area contributed by atoms with Crippen LogP contribution in [0.5, 0.6) is 0 Å². The van der Waals surface area contributed by atoms with Gasteiger partial charge in [-0.1, -0.05) is 74.5 Å². The van der Waals surface area contributed by atoms with Gasteiger partial charge in [-0.25, -0.2) is 4.79 Å². The molecule has 1 saturated heterocycles. The van der Waals surface area contributed by atoms with E-state index in [0.29, 0.717) is 24.4 Å². The van der Waals surface area contributed by atoms with Crippen LogP contribution in [0.15, 0.2) is 60.7 Å². The number of carbonyl (C=O) groups excluding carboxylic acids is 3. The van der Waals surface area contributed by atoms with Crippen LogP contribution in [0.25, 0.3) is 0 Å². The highest BCUT2D eigenvalue weighted by Gasteiger charge is 2.52. The average Bonchev–Trinajstić information content (AvgIpc) is 2.94. The molecule has 1 heterocycles. The van der Waals surface area contributed by atoms with Gasteiger partial charge in [0, 0.05) is 13.0 Å². The number of hydrogen-bond acceptors (Lipinski definition) is 3. The molecule has 1 atom stereocenters. The molecular formula is C23H27N3O3. The molecular weight excluding hydrogens is 366 g/mol. The Morgan fingerprint density at radius 1 is 1.03 bits per heavy atom. The van der Waals surface area contributed by atoms with Gasteiger partial charge in [-0.2, -0.15) is 0 Å². The third-order valence-electron chi connectivity index (χ3n) is 5.10. The minimum atomic E-state index is -1.22. The van der Waals surface area contributed by atoms with Crippen molar-refractivity contribution in [2.75, 3.05) is 13.1 Å². The van der Waals surface area contributed by atoms with Crippen LogP contribution in [0.2, 0.25) is 0 Å². The Morgan fingerprint density at radius 2 is 1.66 bits per heavy atom.